The van der Waals surface area contributed by atoms with Crippen molar-refractivity contribution in [1.82, 2.24) is 14.9 Å². The van der Waals surface area contributed by atoms with Gasteiger partial charge >= 0.3 is 6.18 Å². The van der Waals surface area contributed by atoms with Crippen LogP contribution in [0.5, 0.6) is 0 Å². The second-order valence-corrected chi connectivity index (χ2v) is 3.83. The molecule has 0 saturated carbocycles. The van der Waals surface area contributed by atoms with Crippen molar-refractivity contribution in [2.24, 2.45) is 0 Å². The molecule has 4 nitrogen and oxygen atoms in total. The van der Waals surface area contributed by atoms with Crippen molar-refractivity contribution in [1.29, 1.82) is 0 Å². The van der Waals surface area contributed by atoms with Crippen LogP contribution < -0.4 is 5.56 Å². The molecule has 0 fully saturated rings. The van der Waals surface area contributed by atoms with E-state index in [9.17, 15) is 18.0 Å². The SMILES string of the molecule is CN1CCc2nc(C(F)(F)F)[nH]c(=O)c2C1. The first-order valence-corrected chi connectivity index (χ1v) is 4.76. The Bertz CT molecular complexity index is 466. The van der Waals surface area contributed by atoms with E-state index in [1.165, 1.54) is 0 Å². The Morgan fingerprint density at radius 3 is 2.75 bits per heavy atom. The Kier molecular flexibility index (Phi) is 2.49. The van der Waals surface area contributed by atoms with E-state index in [4.69, 9.17) is 0 Å². The topological polar surface area (TPSA) is 49.0 Å². The molecule has 0 radical (unpaired) electrons. The molecule has 1 aromatic heterocycles. The maximum atomic E-state index is 12.4. The summed E-state index contributed by atoms with van der Waals surface area (Å²) in [4.78, 5) is 18.6. The van der Waals surface area contributed by atoms with Crippen molar-refractivity contribution >= 4 is 0 Å². The molecule has 7 heteroatoms. The van der Waals surface area contributed by atoms with E-state index in [2.05, 4.69) is 4.98 Å². The second kappa shape index (κ2) is 3.58. The van der Waals surface area contributed by atoms with Gasteiger partial charge in [0.1, 0.15) is 0 Å². The van der Waals surface area contributed by atoms with Crippen molar-refractivity contribution in [3.8, 4) is 0 Å². The summed E-state index contributed by atoms with van der Waals surface area (Å²) in [5.74, 6) is -1.21. The first kappa shape index (κ1) is 11.1. The largest absolute Gasteiger partial charge is 0.449 e. The lowest BCUT2D eigenvalue weighted by molar-refractivity contribution is -0.145. The third kappa shape index (κ3) is 1.95. The molecule has 1 aliphatic rings. The molecule has 2 heterocycles. The van der Waals surface area contributed by atoms with Gasteiger partial charge in [-0.1, -0.05) is 0 Å². The molecule has 2 rings (SSSR count). The summed E-state index contributed by atoms with van der Waals surface area (Å²) >= 11 is 0. The molecule has 1 aliphatic heterocycles. The van der Waals surface area contributed by atoms with Gasteiger partial charge in [-0.05, 0) is 7.05 Å². The molecule has 0 atom stereocenters. The molecule has 16 heavy (non-hydrogen) atoms. The lowest BCUT2D eigenvalue weighted by atomic mass is 10.1. The fraction of sp³-hybridized carbons (Fsp3) is 0.556. The van der Waals surface area contributed by atoms with Crippen molar-refractivity contribution in [2.45, 2.75) is 19.1 Å². The van der Waals surface area contributed by atoms with Crippen molar-refractivity contribution in [3.05, 3.63) is 27.4 Å². The van der Waals surface area contributed by atoms with Crippen LogP contribution in [0.4, 0.5) is 13.2 Å². The van der Waals surface area contributed by atoms with Crippen LogP contribution in [0.25, 0.3) is 0 Å². The number of rotatable bonds is 0. The number of H-pyrrole nitrogens is 1. The summed E-state index contributed by atoms with van der Waals surface area (Å²) in [6, 6.07) is 0. The number of aromatic nitrogens is 2. The first-order chi connectivity index (χ1) is 7.38. The monoisotopic (exact) mass is 233 g/mol. The number of alkyl halides is 3. The molecular formula is C9H10F3N3O. The van der Waals surface area contributed by atoms with E-state index in [1.54, 1.807) is 12.0 Å². The molecule has 88 valence electrons. The van der Waals surface area contributed by atoms with Crippen LogP contribution in [0.15, 0.2) is 4.79 Å². The molecule has 1 N–H and O–H groups in total. The number of fused-ring (bicyclic) bond motifs is 1. The number of hydrogen-bond acceptors (Lipinski definition) is 3. The normalized spacial score (nSPS) is 17.2. The molecular weight excluding hydrogens is 223 g/mol. The highest BCUT2D eigenvalue weighted by atomic mass is 19.4. The van der Waals surface area contributed by atoms with Gasteiger partial charge in [-0.25, -0.2) is 4.98 Å². The number of nitrogens with one attached hydrogen (secondary N) is 1. The van der Waals surface area contributed by atoms with E-state index in [1.807, 2.05) is 4.90 Å². The Balaban J connectivity index is 2.51. The average Bonchev–Trinajstić information content (AvgIpc) is 2.17. The van der Waals surface area contributed by atoms with E-state index < -0.39 is 17.6 Å². The van der Waals surface area contributed by atoms with Gasteiger partial charge in [0.2, 0.25) is 5.82 Å². The number of aromatic amines is 1. The minimum atomic E-state index is -4.60. The van der Waals surface area contributed by atoms with Gasteiger partial charge in [-0.15, -0.1) is 0 Å². The van der Waals surface area contributed by atoms with Gasteiger partial charge in [-0.2, -0.15) is 13.2 Å². The smallest absolute Gasteiger partial charge is 0.303 e. The van der Waals surface area contributed by atoms with Gasteiger partial charge < -0.3 is 9.88 Å². The molecule has 0 spiro atoms. The molecule has 0 amide bonds. The molecule has 0 aromatic carbocycles. The first-order valence-electron chi connectivity index (χ1n) is 4.76. The number of likely N-dealkylation sites (N-methyl/N-ethyl adjacent to an activating group) is 1. The van der Waals surface area contributed by atoms with Gasteiger partial charge in [0.25, 0.3) is 5.56 Å². The Labute approximate surface area is 89.1 Å². The molecule has 0 unspecified atom stereocenters. The predicted molar refractivity (Wildman–Crippen MR) is 49.9 cm³/mol. The summed E-state index contributed by atoms with van der Waals surface area (Å²) in [6.07, 6.45) is -4.23. The van der Waals surface area contributed by atoms with Gasteiger partial charge in [-0.3, -0.25) is 4.79 Å². The highest BCUT2D eigenvalue weighted by Gasteiger charge is 2.35. The maximum Gasteiger partial charge on any atom is 0.449 e. The summed E-state index contributed by atoms with van der Waals surface area (Å²) in [6.45, 7) is 0.955. The maximum absolute atomic E-state index is 12.4. The van der Waals surface area contributed by atoms with Gasteiger partial charge in [0.15, 0.2) is 0 Å². The van der Waals surface area contributed by atoms with Crippen LogP contribution in [0.2, 0.25) is 0 Å². The summed E-state index contributed by atoms with van der Waals surface area (Å²) in [7, 11) is 1.81. The zero-order chi connectivity index (χ0) is 11.9. The summed E-state index contributed by atoms with van der Waals surface area (Å²) < 4.78 is 37.1. The van der Waals surface area contributed by atoms with Crippen LogP contribution >= 0.6 is 0 Å². The van der Waals surface area contributed by atoms with Crippen LogP contribution in [0, 0.1) is 0 Å². The van der Waals surface area contributed by atoms with E-state index in [0.717, 1.165) is 0 Å². The van der Waals surface area contributed by atoms with Crippen molar-refractivity contribution in [2.75, 3.05) is 13.6 Å². The van der Waals surface area contributed by atoms with Crippen LogP contribution in [-0.2, 0) is 19.1 Å². The molecule has 1 aromatic rings. The Morgan fingerprint density at radius 2 is 2.12 bits per heavy atom. The van der Waals surface area contributed by atoms with E-state index in [0.29, 0.717) is 25.1 Å². The zero-order valence-electron chi connectivity index (χ0n) is 8.56. The predicted octanol–water partition coefficient (Wildman–Crippen LogP) is 0.777. The summed E-state index contributed by atoms with van der Waals surface area (Å²) in [5.41, 5.74) is -0.0974. The van der Waals surface area contributed by atoms with E-state index in [-0.39, 0.29) is 5.69 Å². The molecule has 0 bridgehead atoms. The minimum Gasteiger partial charge on any atom is -0.303 e. The fourth-order valence-electron chi connectivity index (χ4n) is 1.69. The average molecular weight is 233 g/mol. The highest BCUT2D eigenvalue weighted by Crippen LogP contribution is 2.26. The van der Waals surface area contributed by atoms with Crippen LogP contribution in [0.1, 0.15) is 17.1 Å². The molecule has 0 saturated heterocycles. The lowest BCUT2D eigenvalue weighted by Gasteiger charge is -2.23. The number of nitrogens with zero attached hydrogens (tertiary/aromatic N) is 2. The Morgan fingerprint density at radius 1 is 1.44 bits per heavy atom. The van der Waals surface area contributed by atoms with Gasteiger partial charge in [0, 0.05) is 19.5 Å². The minimum absolute atomic E-state index is 0.258. The number of hydrogen-bond donors (Lipinski definition) is 1. The zero-order valence-corrected chi connectivity index (χ0v) is 8.56. The Hall–Kier alpha value is -1.37. The third-order valence-electron chi connectivity index (χ3n) is 2.53. The standard InChI is InChI=1S/C9H10F3N3O/c1-15-3-2-6-5(4-15)7(16)14-8(13-6)9(10,11)12/h2-4H2,1H3,(H,13,14,16). The molecule has 0 aliphatic carbocycles. The number of halogens is 3. The highest BCUT2D eigenvalue weighted by molar-refractivity contribution is 5.21. The second-order valence-electron chi connectivity index (χ2n) is 3.83. The lowest BCUT2D eigenvalue weighted by Crippen LogP contribution is -2.34. The quantitative estimate of drug-likeness (QED) is 0.720. The fourth-order valence-corrected chi connectivity index (χ4v) is 1.69. The van der Waals surface area contributed by atoms with Crippen molar-refractivity contribution in [3.63, 3.8) is 0 Å². The van der Waals surface area contributed by atoms with Crippen LogP contribution in [-0.4, -0.2) is 28.5 Å². The van der Waals surface area contributed by atoms with E-state index >= 15 is 0 Å². The van der Waals surface area contributed by atoms with Crippen molar-refractivity contribution < 1.29 is 13.2 Å². The summed E-state index contributed by atoms with van der Waals surface area (Å²) in [5, 5.41) is 0. The van der Waals surface area contributed by atoms with Gasteiger partial charge in [0.05, 0.1) is 11.3 Å². The van der Waals surface area contributed by atoms with Crippen LogP contribution in [0.3, 0.4) is 0 Å². The third-order valence-corrected chi connectivity index (χ3v) is 2.53.